The fourth-order valence-electron chi connectivity index (χ4n) is 3.50. The molecule has 0 radical (unpaired) electrons. The molecule has 2 rings (SSSR count). The minimum Gasteiger partial charge on any atom is -0.349 e. The predicted molar refractivity (Wildman–Crippen MR) is 89.8 cm³/mol. The second-order valence-corrected chi connectivity index (χ2v) is 7.89. The van der Waals surface area contributed by atoms with Crippen LogP contribution in [0, 0.1) is 13.8 Å². The molecule has 0 saturated heterocycles. The summed E-state index contributed by atoms with van der Waals surface area (Å²) in [7, 11) is 1.99. The lowest BCUT2D eigenvalue weighted by Crippen LogP contribution is -2.48. The van der Waals surface area contributed by atoms with Crippen LogP contribution in [0.3, 0.4) is 0 Å². The van der Waals surface area contributed by atoms with Gasteiger partial charge in [0.15, 0.2) is 0 Å². The number of amides is 1. The molecule has 1 heterocycles. The van der Waals surface area contributed by atoms with E-state index < -0.39 is 0 Å². The van der Waals surface area contributed by atoms with Crippen LogP contribution in [0.4, 0.5) is 0 Å². The standard InChI is InChI=1S/C17H28N2OS/c1-12-10-15(14(3)21-12)13(2)19-16(20)11-17(18-4)8-6-5-7-9-17/h10,13,18H,5-9,11H2,1-4H3,(H,19,20). The van der Waals surface area contributed by atoms with Crippen LogP contribution < -0.4 is 10.6 Å². The van der Waals surface area contributed by atoms with Crippen molar-refractivity contribution >= 4 is 17.2 Å². The number of nitrogens with one attached hydrogen (secondary N) is 2. The summed E-state index contributed by atoms with van der Waals surface area (Å²) >= 11 is 1.80. The van der Waals surface area contributed by atoms with Crippen LogP contribution in [0.25, 0.3) is 0 Å². The highest BCUT2D eigenvalue weighted by atomic mass is 32.1. The van der Waals surface area contributed by atoms with Crippen LogP contribution in [-0.2, 0) is 4.79 Å². The van der Waals surface area contributed by atoms with E-state index in [1.807, 2.05) is 7.05 Å². The molecular weight excluding hydrogens is 280 g/mol. The Balaban J connectivity index is 1.96. The SMILES string of the molecule is CNC1(CC(=O)NC(C)c2cc(C)sc2C)CCCCC1. The molecule has 0 aromatic carbocycles. The van der Waals surface area contributed by atoms with Crippen molar-refractivity contribution in [3.63, 3.8) is 0 Å². The van der Waals surface area contributed by atoms with Gasteiger partial charge in [-0.3, -0.25) is 4.79 Å². The molecule has 1 unspecified atom stereocenters. The van der Waals surface area contributed by atoms with Crippen molar-refractivity contribution in [3.05, 3.63) is 21.4 Å². The second-order valence-electron chi connectivity index (χ2n) is 6.43. The van der Waals surface area contributed by atoms with Crippen LogP contribution in [0.1, 0.15) is 66.8 Å². The Kier molecular flexibility index (Phi) is 5.44. The lowest BCUT2D eigenvalue weighted by molar-refractivity contribution is -0.123. The summed E-state index contributed by atoms with van der Waals surface area (Å²) in [6.45, 7) is 6.33. The molecule has 2 N–H and O–H groups in total. The van der Waals surface area contributed by atoms with Gasteiger partial charge in [-0.1, -0.05) is 19.3 Å². The largest absolute Gasteiger partial charge is 0.349 e. The zero-order valence-corrected chi connectivity index (χ0v) is 14.5. The van der Waals surface area contributed by atoms with Gasteiger partial charge >= 0.3 is 0 Å². The molecule has 3 nitrogen and oxygen atoms in total. The minimum atomic E-state index is 0.0155. The molecule has 1 fully saturated rings. The normalized spacial score (nSPS) is 19.2. The lowest BCUT2D eigenvalue weighted by atomic mass is 9.79. The van der Waals surface area contributed by atoms with Crippen molar-refractivity contribution in [1.82, 2.24) is 10.6 Å². The zero-order valence-electron chi connectivity index (χ0n) is 13.7. The van der Waals surface area contributed by atoms with Gasteiger partial charge in [-0.05, 0) is 52.3 Å². The van der Waals surface area contributed by atoms with Gasteiger partial charge in [-0.15, -0.1) is 11.3 Å². The fraction of sp³-hybridized carbons (Fsp3) is 0.706. The Bertz CT molecular complexity index is 489. The van der Waals surface area contributed by atoms with Gasteiger partial charge in [0.1, 0.15) is 0 Å². The van der Waals surface area contributed by atoms with E-state index in [-0.39, 0.29) is 17.5 Å². The first-order valence-corrected chi connectivity index (χ1v) is 8.83. The molecule has 1 amide bonds. The van der Waals surface area contributed by atoms with E-state index in [9.17, 15) is 4.79 Å². The molecule has 118 valence electrons. The van der Waals surface area contributed by atoms with E-state index in [1.165, 1.54) is 34.6 Å². The second kappa shape index (κ2) is 6.93. The summed E-state index contributed by atoms with van der Waals surface area (Å²) in [6.07, 6.45) is 6.58. The lowest BCUT2D eigenvalue weighted by Gasteiger charge is -2.37. The van der Waals surface area contributed by atoms with Gasteiger partial charge < -0.3 is 10.6 Å². The van der Waals surface area contributed by atoms with Crippen molar-refractivity contribution in [2.24, 2.45) is 0 Å². The Hall–Kier alpha value is -0.870. The first kappa shape index (κ1) is 16.5. The van der Waals surface area contributed by atoms with Crippen molar-refractivity contribution in [2.75, 3.05) is 7.05 Å². The van der Waals surface area contributed by atoms with E-state index >= 15 is 0 Å². The highest BCUT2D eigenvalue weighted by Crippen LogP contribution is 2.31. The molecule has 4 heteroatoms. The molecule has 0 aliphatic heterocycles. The summed E-state index contributed by atoms with van der Waals surface area (Å²) in [5, 5.41) is 6.60. The van der Waals surface area contributed by atoms with Crippen LogP contribution in [0.2, 0.25) is 0 Å². The molecule has 1 aliphatic rings. The van der Waals surface area contributed by atoms with Crippen LogP contribution >= 0.6 is 11.3 Å². The Morgan fingerprint density at radius 3 is 2.52 bits per heavy atom. The summed E-state index contributed by atoms with van der Waals surface area (Å²) in [5.74, 6) is 0.169. The van der Waals surface area contributed by atoms with Gasteiger partial charge in [0, 0.05) is 21.7 Å². The van der Waals surface area contributed by atoms with E-state index in [0.29, 0.717) is 6.42 Å². The maximum Gasteiger partial charge on any atom is 0.222 e. The molecule has 1 aromatic rings. The van der Waals surface area contributed by atoms with Gasteiger partial charge in [-0.25, -0.2) is 0 Å². The highest BCUT2D eigenvalue weighted by molar-refractivity contribution is 7.12. The monoisotopic (exact) mass is 308 g/mol. The fourth-order valence-corrected chi connectivity index (χ4v) is 4.52. The van der Waals surface area contributed by atoms with Gasteiger partial charge in [0.05, 0.1) is 6.04 Å². The highest BCUT2D eigenvalue weighted by Gasteiger charge is 2.32. The number of thiophene rings is 1. The Morgan fingerprint density at radius 2 is 2.00 bits per heavy atom. The number of hydrogen-bond donors (Lipinski definition) is 2. The van der Waals surface area contributed by atoms with Crippen LogP contribution in [0.5, 0.6) is 0 Å². The number of rotatable bonds is 5. The maximum absolute atomic E-state index is 12.4. The maximum atomic E-state index is 12.4. The van der Waals surface area contributed by atoms with E-state index in [0.717, 1.165) is 12.8 Å². The summed E-state index contributed by atoms with van der Waals surface area (Å²) in [5.41, 5.74) is 1.27. The number of hydrogen-bond acceptors (Lipinski definition) is 3. The van der Waals surface area contributed by atoms with Crippen molar-refractivity contribution in [1.29, 1.82) is 0 Å². The molecule has 1 aromatic heterocycles. The Labute approximate surface area is 132 Å². The predicted octanol–water partition coefficient (Wildman–Crippen LogP) is 3.85. The third-order valence-electron chi connectivity index (χ3n) is 4.76. The van der Waals surface area contributed by atoms with Crippen molar-refractivity contribution in [3.8, 4) is 0 Å². The Morgan fingerprint density at radius 1 is 1.33 bits per heavy atom. The van der Waals surface area contributed by atoms with E-state index in [2.05, 4.69) is 37.5 Å². The van der Waals surface area contributed by atoms with Crippen molar-refractivity contribution < 1.29 is 4.79 Å². The zero-order chi connectivity index (χ0) is 15.5. The average Bonchev–Trinajstić information content (AvgIpc) is 2.78. The summed E-state index contributed by atoms with van der Waals surface area (Å²) in [4.78, 5) is 15.0. The molecular formula is C17H28N2OS. The topological polar surface area (TPSA) is 41.1 Å². The molecule has 1 saturated carbocycles. The quantitative estimate of drug-likeness (QED) is 0.867. The van der Waals surface area contributed by atoms with Gasteiger partial charge in [0.2, 0.25) is 5.91 Å². The number of aryl methyl sites for hydroxylation is 2. The summed E-state index contributed by atoms with van der Waals surface area (Å²) in [6, 6.07) is 2.29. The third kappa shape index (κ3) is 4.07. The minimum absolute atomic E-state index is 0.0155. The van der Waals surface area contributed by atoms with E-state index in [4.69, 9.17) is 0 Å². The van der Waals surface area contributed by atoms with Gasteiger partial charge in [0.25, 0.3) is 0 Å². The first-order chi connectivity index (χ1) is 9.96. The van der Waals surface area contributed by atoms with E-state index in [1.54, 1.807) is 11.3 Å². The smallest absolute Gasteiger partial charge is 0.222 e. The summed E-state index contributed by atoms with van der Waals surface area (Å²) < 4.78 is 0. The molecule has 21 heavy (non-hydrogen) atoms. The van der Waals surface area contributed by atoms with Crippen LogP contribution in [-0.4, -0.2) is 18.5 Å². The average molecular weight is 308 g/mol. The molecule has 0 bridgehead atoms. The number of carbonyl (C=O) groups is 1. The molecule has 1 atom stereocenters. The molecule has 1 aliphatic carbocycles. The first-order valence-electron chi connectivity index (χ1n) is 8.01. The number of carbonyl (C=O) groups excluding carboxylic acids is 1. The van der Waals surface area contributed by atoms with Gasteiger partial charge in [-0.2, -0.15) is 0 Å². The van der Waals surface area contributed by atoms with Crippen LogP contribution in [0.15, 0.2) is 6.07 Å². The molecule has 0 spiro atoms. The third-order valence-corrected chi connectivity index (χ3v) is 5.75. The van der Waals surface area contributed by atoms with Crippen molar-refractivity contribution in [2.45, 2.75) is 70.9 Å².